The highest BCUT2D eigenvalue weighted by Crippen LogP contribution is 2.76. The van der Waals surface area contributed by atoms with E-state index in [0.717, 1.165) is 51.4 Å². The maximum Gasteiger partial charge on any atom is 0.315 e. The van der Waals surface area contributed by atoms with Crippen LogP contribution in [-0.2, 0) is 33.2 Å². The molecule has 0 aromatic heterocycles. The maximum atomic E-state index is 14.9. The summed E-state index contributed by atoms with van der Waals surface area (Å²) in [5.74, 6) is 0.0958. The van der Waals surface area contributed by atoms with Crippen molar-refractivity contribution in [1.29, 1.82) is 0 Å². The summed E-state index contributed by atoms with van der Waals surface area (Å²) in [5.41, 5.74) is -0.0884. The lowest BCUT2D eigenvalue weighted by molar-refractivity contribution is -0.380. The Hall–Kier alpha value is -1.43. The number of fused-ring (bicyclic) bond motifs is 7. The van der Waals surface area contributed by atoms with Gasteiger partial charge < -0.3 is 84.6 Å². The maximum absolute atomic E-state index is 14.9. The SMILES string of the molecule is CC1(C)CCC2(C(=O)OC3OC(COC4OC(CO)C(OC5OC(O)C(O)C(O)C5O)C(O)C4O)C(O)C(O)C3O)CCC3(C)C(=CCC4C5(C)CCC(O)C(C)(C)C5CCC43C)C2C1. The van der Waals surface area contributed by atoms with Crippen molar-refractivity contribution in [3.63, 3.8) is 0 Å². The normalized spacial score (nSPS) is 53.9. The third-order valence-electron chi connectivity index (χ3n) is 19.0. The third kappa shape index (κ3) is 7.89. The number of allylic oxidation sites excluding steroid dienone is 2. The van der Waals surface area contributed by atoms with Gasteiger partial charge in [0.15, 0.2) is 18.9 Å². The zero-order chi connectivity index (χ0) is 47.6. The van der Waals surface area contributed by atoms with Gasteiger partial charge in [0.05, 0.1) is 24.7 Å². The Morgan fingerprint density at radius 2 is 1.29 bits per heavy atom. The Balaban J connectivity index is 0.973. The lowest BCUT2D eigenvalue weighted by Gasteiger charge is -2.71. The van der Waals surface area contributed by atoms with E-state index < -0.39 is 117 Å². The predicted molar refractivity (Wildman–Crippen MR) is 225 cm³/mol. The third-order valence-corrected chi connectivity index (χ3v) is 19.0. The molecule has 65 heavy (non-hydrogen) atoms. The van der Waals surface area contributed by atoms with Crippen molar-refractivity contribution in [2.24, 2.45) is 50.2 Å². The van der Waals surface area contributed by atoms with Crippen LogP contribution in [0.4, 0.5) is 0 Å². The number of hydrogen-bond donors (Lipinski definition) is 11. The van der Waals surface area contributed by atoms with Gasteiger partial charge in [-0.1, -0.05) is 60.1 Å². The van der Waals surface area contributed by atoms with E-state index >= 15 is 0 Å². The molecule has 0 bridgehead atoms. The van der Waals surface area contributed by atoms with Crippen LogP contribution in [0, 0.1) is 50.2 Å². The van der Waals surface area contributed by atoms with Gasteiger partial charge in [0.2, 0.25) is 6.29 Å². The van der Waals surface area contributed by atoms with E-state index in [1.807, 2.05) is 0 Å². The van der Waals surface area contributed by atoms with Crippen molar-refractivity contribution in [2.45, 2.75) is 211 Å². The molecular weight excluding hydrogens is 852 g/mol. The van der Waals surface area contributed by atoms with Crippen LogP contribution in [0.15, 0.2) is 11.6 Å². The monoisotopic (exact) mass is 929 g/mol. The summed E-state index contributed by atoms with van der Waals surface area (Å²) in [7, 11) is 0. The average molecular weight is 929 g/mol. The first-order valence-electron chi connectivity index (χ1n) is 23.8. The molecule has 0 amide bonds. The van der Waals surface area contributed by atoms with E-state index in [2.05, 4.69) is 54.5 Å². The number of esters is 1. The molecule has 8 rings (SSSR count). The first kappa shape index (κ1) is 50.0. The first-order valence-corrected chi connectivity index (χ1v) is 23.8. The minimum absolute atomic E-state index is 0.0464. The fraction of sp³-hybridized carbons (Fsp3) is 0.936. The first-order chi connectivity index (χ1) is 30.3. The lowest BCUT2D eigenvalue weighted by atomic mass is 9.33. The molecule has 3 aliphatic heterocycles. The molecule has 0 radical (unpaired) electrons. The molecule has 3 heterocycles. The summed E-state index contributed by atoms with van der Waals surface area (Å²) in [4.78, 5) is 14.9. The van der Waals surface area contributed by atoms with E-state index in [1.165, 1.54) is 5.57 Å². The molecule has 18 heteroatoms. The Morgan fingerprint density at radius 3 is 1.98 bits per heavy atom. The van der Waals surface area contributed by atoms with Gasteiger partial charge in [0.25, 0.3) is 0 Å². The molecule has 4 saturated carbocycles. The van der Waals surface area contributed by atoms with Crippen LogP contribution < -0.4 is 0 Å². The van der Waals surface area contributed by atoms with Gasteiger partial charge in [-0.25, -0.2) is 0 Å². The summed E-state index contributed by atoms with van der Waals surface area (Å²) in [6.07, 6.45) is -16.4. The van der Waals surface area contributed by atoms with Crippen LogP contribution in [0.25, 0.3) is 0 Å². The van der Waals surface area contributed by atoms with Crippen molar-refractivity contribution in [3.8, 4) is 0 Å². The second-order valence-corrected chi connectivity index (χ2v) is 23.2. The quantitative estimate of drug-likeness (QED) is 0.114. The molecule has 7 fully saturated rings. The van der Waals surface area contributed by atoms with Gasteiger partial charge in [-0.3, -0.25) is 4.79 Å². The number of aliphatic hydroxyl groups excluding tert-OH is 11. The number of hydrogen-bond acceptors (Lipinski definition) is 18. The van der Waals surface area contributed by atoms with Crippen LogP contribution in [0.3, 0.4) is 0 Å². The minimum atomic E-state index is -1.97. The van der Waals surface area contributed by atoms with Gasteiger partial charge in [-0.05, 0) is 109 Å². The molecule has 0 aromatic carbocycles. The van der Waals surface area contributed by atoms with Crippen LogP contribution in [0.2, 0.25) is 0 Å². The highest BCUT2D eigenvalue weighted by molar-refractivity contribution is 5.79. The molecule has 23 atom stereocenters. The molecular formula is C47H76O18. The smallest absolute Gasteiger partial charge is 0.315 e. The number of aliphatic hydroxyl groups is 11. The molecule has 5 aliphatic carbocycles. The van der Waals surface area contributed by atoms with Gasteiger partial charge in [0, 0.05) is 0 Å². The van der Waals surface area contributed by atoms with Gasteiger partial charge in [0.1, 0.15) is 67.1 Å². The number of ether oxygens (including phenoxy) is 6. The highest BCUT2D eigenvalue weighted by atomic mass is 16.8. The molecule has 11 N–H and O–H groups in total. The Morgan fingerprint density at radius 1 is 0.662 bits per heavy atom. The highest BCUT2D eigenvalue weighted by Gasteiger charge is 2.70. The number of rotatable bonds is 8. The van der Waals surface area contributed by atoms with Crippen molar-refractivity contribution < 1.29 is 89.4 Å². The molecule has 0 spiro atoms. The minimum Gasteiger partial charge on any atom is -0.432 e. The summed E-state index contributed by atoms with van der Waals surface area (Å²) in [6.45, 7) is 14.8. The van der Waals surface area contributed by atoms with Crippen molar-refractivity contribution in [3.05, 3.63) is 11.6 Å². The van der Waals surface area contributed by atoms with Crippen LogP contribution in [0.5, 0.6) is 0 Å². The van der Waals surface area contributed by atoms with Gasteiger partial charge in [-0.2, -0.15) is 0 Å². The number of carbonyl (C=O) groups is 1. The second kappa shape index (κ2) is 17.5. The van der Waals surface area contributed by atoms with E-state index in [0.29, 0.717) is 24.7 Å². The number of carbonyl (C=O) groups excluding carboxylic acids is 1. The zero-order valence-electron chi connectivity index (χ0n) is 38.8. The van der Waals surface area contributed by atoms with Crippen LogP contribution in [0.1, 0.15) is 113 Å². The Bertz CT molecular complexity index is 1780. The molecule has 372 valence electrons. The predicted octanol–water partition coefficient (Wildman–Crippen LogP) is 0.0980. The average Bonchev–Trinajstić information content (AvgIpc) is 3.25. The van der Waals surface area contributed by atoms with Crippen LogP contribution in [-0.4, -0.2) is 174 Å². The molecule has 8 aliphatic rings. The van der Waals surface area contributed by atoms with Gasteiger partial charge in [-0.15, -0.1) is 0 Å². The Labute approximate surface area is 380 Å². The van der Waals surface area contributed by atoms with E-state index in [1.54, 1.807) is 0 Å². The van der Waals surface area contributed by atoms with Crippen molar-refractivity contribution in [2.75, 3.05) is 13.2 Å². The summed E-state index contributed by atoms with van der Waals surface area (Å²) < 4.78 is 34.0. The fourth-order valence-corrected chi connectivity index (χ4v) is 14.6. The fourth-order valence-electron chi connectivity index (χ4n) is 14.6. The summed E-state index contributed by atoms with van der Waals surface area (Å²) in [5, 5.41) is 117. The topological polar surface area (TPSA) is 295 Å². The summed E-state index contributed by atoms with van der Waals surface area (Å²) >= 11 is 0. The lowest BCUT2D eigenvalue weighted by Crippen LogP contribution is -2.65. The summed E-state index contributed by atoms with van der Waals surface area (Å²) in [6, 6.07) is 0. The van der Waals surface area contributed by atoms with E-state index in [4.69, 9.17) is 28.4 Å². The van der Waals surface area contributed by atoms with Crippen LogP contribution >= 0.6 is 0 Å². The molecule has 18 nitrogen and oxygen atoms in total. The zero-order valence-corrected chi connectivity index (χ0v) is 38.8. The largest absolute Gasteiger partial charge is 0.432 e. The Kier molecular flexibility index (Phi) is 13.4. The molecule has 0 aromatic rings. The molecule has 23 unspecified atom stereocenters. The van der Waals surface area contributed by atoms with Gasteiger partial charge >= 0.3 is 5.97 Å². The van der Waals surface area contributed by atoms with Crippen molar-refractivity contribution >= 4 is 5.97 Å². The van der Waals surface area contributed by atoms with E-state index in [9.17, 15) is 61.0 Å². The van der Waals surface area contributed by atoms with E-state index in [-0.39, 0.29) is 39.1 Å². The second-order valence-electron chi connectivity index (χ2n) is 23.2. The standard InChI is InChI=1S/C47H76O18/c1-42(2)14-16-47(17-15-45(6)21(22(47)18-42)8-9-26-44(5)12-11-27(49)43(3,4)25(44)10-13-46(26,45)7)41(59)65-39-33(55)29(51)28(50)24(62-39)20-60-38-35(57)31(53)36(23(19-48)61-38)63-40-34(56)30(52)32(54)37(58)64-40/h8,22-40,48-58H,9-20H2,1-7H3. The molecule has 3 saturated heterocycles. The van der Waals surface area contributed by atoms with Crippen molar-refractivity contribution in [1.82, 2.24) is 0 Å².